The summed E-state index contributed by atoms with van der Waals surface area (Å²) in [6, 6.07) is -0.537. The lowest BCUT2D eigenvalue weighted by molar-refractivity contribution is -0.117. The molecule has 0 aliphatic rings. The maximum Gasteiger partial charge on any atom is 0.408 e. The average Bonchev–Trinajstić information content (AvgIpc) is 2.29. The quantitative estimate of drug-likeness (QED) is 0.756. The Kier molecular flexibility index (Phi) is 7.54. The number of alkyl carbamates (subject to hydrolysis) is 1. The zero-order valence-corrected chi connectivity index (χ0v) is 13.8. The van der Waals surface area contributed by atoms with Gasteiger partial charge < -0.3 is 10.1 Å². The second kappa shape index (κ2) is 8.08. The van der Waals surface area contributed by atoms with Crippen molar-refractivity contribution in [3.63, 3.8) is 0 Å². The van der Waals surface area contributed by atoms with E-state index < -0.39 is 17.7 Å². The van der Waals surface area contributed by atoms with E-state index in [4.69, 9.17) is 4.74 Å². The van der Waals surface area contributed by atoms with Crippen LogP contribution >= 0.6 is 0 Å². The molecule has 0 aromatic heterocycles. The number of amides is 1. The largest absolute Gasteiger partial charge is 0.444 e. The first-order chi connectivity index (χ1) is 9.06. The van der Waals surface area contributed by atoms with Crippen molar-refractivity contribution in [1.29, 1.82) is 0 Å². The highest BCUT2D eigenvalue weighted by Crippen LogP contribution is 2.12. The molecule has 0 aromatic carbocycles. The molecule has 4 heteroatoms. The monoisotopic (exact) mass is 283 g/mol. The van der Waals surface area contributed by atoms with E-state index >= 15 is 0 Å². The topological polar surface area (TPSA) is 55.4 Å². The van der Waals surface area contributed by atoms with Gasteiger partial charge in [0.1, 0.15) is 5.60 Å². The van der Waals surface area contributed by atoms with Crippen LogP contribution in [0.3, 0.4) is 0 Å². The number of rotatable bonds is 6. The number of carbonyl (C=O) groups excluding carboxylic acids is 2. The third-order valence-electron chi connectivity index (χ3n) is 2.84. The molecule has 0 radical (unpaired) electrons. The van der Waals surface area contributed by atoms with E-state index in [1.54, 1.807) is 26.8 Å². The normalized spacial score (nSPS) is 15.2. The van der Waals surface area contributed by atoms with Gasteiger partial charge in [0.25, 0.3) is 0 Å². The molecule has 0 aliphatic heterocycles. The standard InChI is InChI=1S/C16H29NO3/c1-8-12(4)14(13(18)10-9-11(2)3)17-15(19)20-16(5,6)7/h9-12,14H,8H2,1-7H3,(H,17,19)/b10-9+/t12?,14-/m0/s1. The summed E-state index contributed by atoms with van der Waals surface area (Å²) in [5, 5.41) is 2.69. The molecule has 1 unspecified atom stereocenters. The summed E-state index contributed by atoms with van der Waals surface area (Å²) < 4.78 is 5.21. The highest BCUT2D eigenvalue weighted by Gasteiger charge is 2.26. The van der Waals surface area contributed by atoms with E-state index in [1.165, 1.54) is 0 Å². The van der Waals surface area contributed by atoms with Crippen LogP contribution in [0.25, 0.3) is 0 Å². The smallest absolute Gasteiger partial charge is 0.408 e. The van der Waals surface area contributed by atoms with Gasteiger partial charge in [-0.15, -0.1) is 0 Å². The summed E-state index contributed by atoms with van der Waals surface area (Å²) in [5.74, 6) is 0.281. The third-order valence-corrected chi connectivity index (χ3v) is 2.84. The number of allylic oxidation sites excluding steroid dienone is 1. The van der Waals surface area contributed by atoms with Gasteiger partial charge >= 0.3 is 6.09 Å². The minimum atomic E-state index is -0.569. The average molecular weight is 283 g/mol. The molecule has 0 aromatic rings. The Hall–Kier alpha value is -1.32. The van der Waals surface area contributed by atoms with Gasteiger partial charge in [0.2, 0.25) is 0 Å². The Morgan fingerprint density at radius 3 is 2.15 bits per heavy atom. The van der Waals surface area contributed by atoms with Gasteiger partial charge in [0, 0.05) is 0 Å². The second-order valence-electron chi connectivity index (χ2n) is 6.51. The van der Waals surface area contributed by atoms with Crippen molar-refractivity contribution < 1.29 is 14.3 Å². The molecular formula is C16H29NO3. The van der Waals surface area contributed by atoms with Gasteiger partial charge in [-0.25, -0.2) is 4.79 Å². The molecule has 4 nitrogen and oxygen atoms in total. The fourth-order valence-electron chi connectivity index (χ4n) is 1.55. The summed E-state index contributed by atoms with van der Waals surface area (Å²) in [5.41, 5.74) is -0.569. The minimum absolute atomic E-state index is 0.0619. The van der Waals surface area contributed by atoms with Crippen LogP contribution in [0.4, 0.5) is 4.79 Å². The van der Waals surface area contributed by atoms with Gasteiger partial charge in [-0.05, 0) is 38.7 Å². The molecule has 2 atom stereocenters. The summed E-state index contributed by atoms with van der Waals surface area (Å²) in [7, 11) is 0. The van der Waals surface area contributed by atoms with Gasteiger partial charge in [0.05, 0.1) is 6.04 Å². The van der Waals surface area contributed by atoms with Crippen molar-refractivity contribution in [3.8, 4) is 0 Å². The summed E-state index contributed by atoms with van der Waals surface area (Å²) in [4.78, 5) is 24.0. The maximum absolute atomic E-state index is 12.2. The SMILES string of the molecule is CCC(C)[C@H](NC(=O)OC(C)(C)C)C(=O)/C=C/C(C)C. The van der Waals surface area contributed by atoms with Crippen LogP contribution < -0.4 is 5.32 Å². The van der Waals surface area contributed by atoms with Gasteiger partial charge in [0.15, 0.2) is 5.78 Å². The van der Waals surface area contributed by atoms with Gasteiger partial charge in [-0.2, -0.15) is 0 Å². The third kappa shape index (κ3) is 7.97. The van der Waals surface area contributed by atoms with E-state index in [2.05, 4.69) is 5.32 Å². The number of ketones is 1. The van der Waals surface area contributed by atoms with E-state index in [0.717, 1.165) is 6.42 Å². The van der Waals surface area contributed by atoms with Crippen molar-refractivity contribution in [1.82, 2.24) is 5.32 Å². The first-order valence-corrected chi connectivity index (χ1v) is 7.28. The Bertz CT molecular complexity index is 353. The predicted octanol–water partition coefficient (Wildman–Crippen LogP) is 3.71. The van der Waals surface area contributed by atoms with Crippen LogP contribution in [0, 0.1) is 11.8 Å². The number of ether oxygens (including phenoxy) is 1. The minimum Gasteiger partial charge on any atom is -0.444 e. The zero-order chi connectivity index (χ0) is 15.9. The fraction of sp³-hybridized carbons (Fsp3) is 0.750. The first kappa shape index (κ1) is 18.7. The number of hydrogen-bond donors (Lipinski definition) is 1. The fourth-order valence-corrected chi connectivity index (χ4v) is 1.55. The molecular weight excluding hydrogens is 254 g/mol. The first-order valence-electron chi connectivity index (χ1n) is 7.28. The maximum atomic E-state index is 12.2. The molecule has 0 rings (SSSR count). The Balaban J connectivity index is 4.82. The summed E-state index contributed by atoms with van der Waals surface area (Å²) in [6.07, 6.45) is 3.66. The number of carbonyl (C=O) groups is 2. The molecule has 1 amide bonds. The van der Waals surface area contributed by atoms with Crippen molar-refractivity contribution in [2.24, 2.45) is 11.8 Å². The summed E-state index contributed by atoms with van der Waals surface area (Å²) >= 11 is 0. The van der Waals surface area contributed by atoms with Gasteiger partial charge in [-0.1, -0.05) is 40.2 Å². The number of hydrogen-bond acceptors (Lipinski definition) is 3. The molecule has 0 bridgehead atoms. The van der Waals surface area contributed by atoms with E-state index in [9.17, 15) is 9.59 Å². The van der Waals surface area contributed by atoms with Crippen molar-refractivity contribution in [3.05, 3.63) is 12.2 Å². The Morgan fingerprint density at radius 1 is 1.20 bits per heavy atom. The van der Waals surface area contributed by atoms with Crippen molar-refractivity contribution >= 4 is 11.9 Å². The molecule has 1 N–H and O–H groups in total. The molecule has 0 fully saturated rings. The Morgan fingerprint density at radius 2 is 1.75 bits per heavy atom. The molecule has 116 valence electrons. The summed E-state index contributed by atoms with van der Waals surface area (Å²) in [6.45, 7) is 13.3. The lowest BCUT2D eigenvalue weighted by Crippen LogP contribution is -2.46. The molecule has 20 heavy (non-hydrogen) atoms. The van der Waals surface area contributed by atoms with Crippen LogP contribution in [-0.2, 0) is 9.53 Å². The van der Waals surface area contributed by atoms with E-state index in [1.807, 2.05) is 33.8 Å². The predicted molar refractivity (Wildman–Crippen MR) is 81.6 cm³/mol. The van der Waals surface area contributed by atoms with Gasteiger partial charge in [-0.3, -0.25) is 4.79 Å². The second-order valence-corrected chi connectivity index (χ2v) is 6.51. The highest BCUT2D eigenvalue weighted by atomic mass is 16.6. The molecule has 0 heterocycles. The van der Waals surface area contributed by atoms with E-state index in [-0.39, 0.29) is 11.7 Å². The van der Waals surface area contributed by atoms with Crippen LogP contribution in [0.5, 0.6) is 0 Å². The van der Waals surface area contributed by atoms with E-state index in [0.29, 0.717) is 5.92 Å². The zero-order valence-electron chi connectivity index (χ0n) is 13.8. The van der Waals surface area contributed by atoms with Crippen LogP contribution in [-0.4, -0.2) is 23.5 Å². The molecule has 0 aliphatic carbocycles. The van der Waals surface area contributed by atoms with Crippen molar-refractivity contribution in [2.45, 2.75) is 66.5 Å². The number of nitrogens with one attached hydrogen (secondary N) is 1. The van der Waals surface area contributed by atoms with Crippen LogP contribution in [0.1, 0.15) is 54.9 Å². The van der Waals surface area contributed by atoms with Crippen LogP contribution in [0.15, 0.2) is 12.2 Å². The lowest BCUT2D eigenvalue weighted by atomic mass is 9.95. The molecule has 0 saturated carbocycles. The molecule has 0 spiro atoms. The van der Waals surface area contributed by atoms with Crippen molar-refractivity contribution in [2.75, 3.05) is 0 Å². The highest BCUT2D eigenvalue weighted by molar-refractivity contribution is 5.96. The molecule has 0 saturated heterocycles. The Labute approximate surface area is 123 Å². The van der Waals surface area contributed by atoms with Crippen LogP contribution in [0.2, 0.25) is 0 Å². The lowest BCUT2D eigenvalue weighted by Gasteiger charge is -2.25.